The molecule has 2 atom stereocenters. The molecule has 0 unspecified atom stereocenters. The van der Waals surface area contributed by atoms with Gasteiger partial charge in [0.1, 0.15) is 0 Å². The summed E-state index contributed by atoms with van der Waals surface area (Å²) >= 11 is 0. The van der Waals surface area contributed by atoms with Gasteiger partial charge in [-0.25, -0.2) is 0 Å². The van der Waals surface area contributed by atoms with Crippen molar-refractivity contribution in [2.75, 3.05) is 7.05 Å². The predicted octanol–water partition coefficient (Wildman–Crippen LogP) is 2.43. The highest BCUT2D eigenvalue weighted by Crippen LogP contribution is 2.32. The van der Waals surface area contributed by atoms with Gasteiger partial charge in [0.2, 0.25) is 0 Å². The maximum Gasteiger partial charge on any atom is 0.254 e. The minimum Gasteiger partial charge on any atom is -0.338 e. The van der Waals surface area contributed by atoms with E-state index in [0.29, 0.717) is 0 Å². The van der Waals surface area contributed by atoms with Crippen LogP contribution >= 0.6 is 0 Å². The van der Waals surface area contributed by atoms with Gasteiger partial charge in [-0.2, -0.15) is 0 Å². The van der Waals surface area contributed by atoms with Gasteiger partial charge in [0, 0.05) is 24.6 Å². The Balaban J connectivity index is 2.59. The van der Waals surface area contributed by atoms with Crippen molar-refractivity contribution in [1.29, 1.82) is 0 Å². The summed E-state index contributed by atoms with van der Waals surface area (Å²) < 4.78 is 0. The first kappa shape index (κ1) is 9.97. The van der Waals surface area contributed by atoms with E-state index in [1.807, 2.05) is 37.4 Å². The molecule has 1 aliphatic heterocycles. The fraction of sp³-hybridized carbons (Fsp3) is 0.308. The fourth-order valence-corrected chi connectivity index (χ4v) is 2.18. The first-order chi connectivity index (χ1) is 7.16. The van der Waals surface area contributed by atoms with Crippen LogP contribution in [0.5, 0.6) is 0 Å². The Labute approximate surface area is 90.2 Å². The minimum absolute atomic E-state index is 0.108. The quantitative estimate of drug-likeness (QED) is 0.639. The Hall–Kier alpha value is -1.57. The summed E-state index contributed by atoms with van der Waals surface area (Å²) in [5, 5.41) is 0. The van der Waals surface area contributed by atoms with Crippen molar-refractivity contribution in [1.82, 2.24) is 4.90 Å². The van der Waals surface area contributed by atoms with Crippen molar-refractivity contribution in [3.8, 4) is 0 Å². The summed E-state index contributed by atoms with van der Waals surface area (Å²) in [5.41, 5.74) is 1.91. The molecule has 2 heteroatoms. The van der Waals surface area contributed by atoms with Crippen LogP contribution in [0, 0.1) is 0 Å². The molecule has 2 rings (SSSR count). The van der Waals surface area contributed by atoms with Crippen LogP contribution in [0.4, 0.5) is 0 Å². The lowest BCUT2D eigenvalue weighted by Gasteiger charge is -2.36. The average molecular weight is 201 g/mol. The Kier molecular flexibility index (Phi) is 2.35. The Bertz CT molecular complexity index is 411. The van der Waals surface area contributed by atoms with Gasteiger partial charge in [-0.3, -0.25) is 4.79 Å². The lowest BCUT2D eigenvalue weighted by atomic mass is 9.84. The van der Waals surface area contributed by atoms with Gasteiger partial charge in [-0.15, -0.1) is 6.58 Å². The highest BCUT2D eigenvalue weighted by atomic mass is 16.2. The number of benzene rings is 1. The number of carbonyl (C=O) groups is 1. The van der Waals surface area contributed by atoms with Crippen molar-refractivity contribution < 1.29 is 4.79 Å². The van der Waals surface area contributed by atoms with E-state index in [0.717, 1.165) is 11.1 Å². The smallest absolute Gasteiger partial charge is 0.254 e. The van der Waals surface area contributed by atoms with E-state index in [4.69, 9.17) is 0 Å². The lowest BCUT2D eigenvalue weighted by molar-refractivity contribution is 0.0707. The molecule has 1 aromatic carbocycles. The standard InChI is InChI=1S/C13H15NO/c1-4-10-9(2)14(3)13(15)12-8-6-5-7-11(10)12/h4-10H,1H2,2-3H3/t9-,10-/m0/s1. The van der Waals surface area contributed by atoms with Gasteiger partial charge in [-0.1, -0.05) is 24.3 Å². The third-order valence-electron chi connectivity index (χ3n) is 3.26. The summed E-state index contributed by atoms with van der Waals surface area (Å²) in [5.74, 6) is 0.347. The second-order valence-electron chi connectivity index (χ2n) is 4.01. The van der Waals surface area contributed by atoms with Crippen molar-refractivity contribution >= 4 is 5.91 Å². The summed E-state index contributed by atoms with van der Waals surface area (Å²) in [4.78, 5) is 13.8. The molecule has 78 valence electrons. The van der Waals surface area contributed by atoms with E-state index in [1.165, 1.54) is 0 Å². The molecule has 0 bridgehead atoms. The number of likely N-dealkylation sites (N-methyl/N-ethyl adjacent to an activating group) is 1. The monoisotopic (exact) mass is 201 g/mol. The van der Waals surface area contributed by atoms with Crippen LogP contribution in [0.15, 0.2) is 36.9 Å². The minimum atomic E-state index is 0.108. The van der Waals surface area contributed by atoms with Crippen LogP contribution in [0.25, 0.3) is 0 Å². The molecule has 0 spiro atoms. The molecule has 1 heterocycles. The van der Waals surface area contributed by atoms with Gasteiger partial charge in [0.15, 0.2) is 0 Å². The third kappa shape index (κ3) is 1.37. The van der Waals surface area contributed by atoms with E-state index in [2.05, 4.69) is 13.5 Å². The highest BCUT2D eigenvalue weighted by Gasteiger charge is 2.32. The average Bonchev–Trinajstić information content (AvgIpc) is 2.27. The number of rotatable bonds is 1. The van der Waals surface area contributed by atoms with Crippen LogP contribution in [-0.2, 0) is 0 Å². The van der Waals surface area contributed by atoms with Crippen LogP contribution in [0.3, 0.4) is 0 Å². The number of nitrogens with zero attached hydrogens (tertiary/aromatic N) is 1. The molecule has 1 aromatic rings. The molecule has 0 saturated carbocycles. The molecule has 0 saturated heterocycles. The second-order valence-corrected chi connectivity index (χ2v) is 4.01. The van der Waals surface area contributed by atoms with Gasteiger partial charge < -0.3 is 4.90 Å². The van der Waals surface area contributed by atoms with Gasteiger partial charge in [-0.05, 0) is 18.6 Å². The van der Waals surface area contributed by atoms with E-state index in [-0.39, 0.29) is 17.9 Å². The molecule has 2 nitrogen and oxygen atoms in total. The number of fused-ring (bicyclic) bond motifs is 1. The summed E-state index contributed by atoms with van der Waals surface area (Å²) in [7, 11) is 1.85. The topological polar surface area (TPSA) is 20.3 Å². The maximum absolute atomic E-state index is 12.0. The van der Waals surface area contributed by atoms with Crippen LogP contribution in [0.2, 0.25) is 0 Å². The zero-order valence-corrected chi connectivity index (χ0v) is 9.10. The van der Waals surface area contributed by atoms with Crippen molar-refractivity contribution in [3.63, 3.8) is 0 Å². The van der Waals surface area contributed by atoms with Crippen molar-refractivity contribution in [3.05, 3.63) is 48.0 Å². The first-order valence-corrected chi connectivity index (χ1v) is 5.15. The number of amides is 1. The lowest BCUT2D eigenvalue weighted by Crippen LogP contribution is -2.43. The van der Waals surface area contributed by atoms with Crippen molar-refractivity contribution in [2.24, 2.45) is 0 Å². The number of hydrogen-bond acceptors (Lipinski definition) is 1. The molecule has 0 fully saturated rings. The molecule has 0 radical (unpaired) electrons. The molecular weight excluding hydrogens is 186 g/mol. The summed E-state index contributed by atoms with van der Waals surface area (Å²) in [6.07, 6.45) is 1.92. The zero-order chi connectivity index (χ0) is 11.0. The van der Waals surface area contributed by atoms with Crippen LogP contribution in [-0.4, -0.2) is 23.9 Å². The molecule has 0 aromatic heterocycles. The zero-order valence-electron chi connectivity index (χ0n) is 9.10. The second kappa shape index (κ2) is 3.54. The van der Waals surface area contributed by atoms with E-state index < -0.39 is 0 Å². The van der Waals surface area contributed by atoms with Gasteiger partial charge in [0.05, 0.1) is 0 Å². The molecular formula is C13H15NO. The Morgan fingerprint density at radius 3 is 2.73 bits per heavy atom. The van der Waals surface area contributed by atoms with Crippen LogP contribution < -0.4 is 0 Å². The first-order valence-electron chi connectivity index (χ1n) is 5.15. The molecule has 15 heavy (non-hydrogen) atoms. The Morgan fingerprint density at radius 2 is 2.07 bits per heavy atom. The molecule has 1 amide bonds. The highest BCUT2D eigenvalue weighted by molar-refractivity contribution is 5.97. The maximum atomic E-state index is 12.0. The summed E-state index contributed by atoms with van der Waals surface area (Å²) in [6, 6.07) is 7.96. The predicted molar refractivity (Wildman–Crippen MR) is 60.9 cm³/mol. The van der Waals surface area contributed by atoms with E-state index in [1.54, 1.807) is 4.90 Å². The van der Waals surface area contributed by atoms with Crippen molar-refractivity contribution in [2.45, 2.75) is 18.9 Å². The molecule has 0 aliphatic carbocycles. The number of carbonyl (C=O) groups excluding carboxylic acids is 1. The molecule has 1 aliphatic rings. The Morgan fingerprint density at radius 1 is 1.40 bits per heavy atom. The number of hydrogen-bond donors (Lipinski definition) is 0. The van der Waals surface area contributed by atoms with E-state index in [9.17, 15) is 4.79 Å². The van der Waals surface area contributed by atoms with Crippen LogP contribution in [0.1, 0.15) is 28.8 Å². The third-order valence-corrected chi connectivity index (χ3v) is 3.26. The largest absolute Gasteiger partial charge is 0.338 e. The normalized spacial score (nSPS) is 24.9. The van der Waals surface area contributed by atoms with E-state index >= 15 is 0 Å². The fourth-order valence-electron chi connectivity index (χ4n) is 2.18. The summed E-state index contributed by atoms with van der Waals surface area (Å²) in [6.45, 7) is 5.91. The van der Waals surface area contributed by atoms with Gasteiger partial charge in [0.25, 0.3) is 5.91 Å². The SMILES string of the molecule is C=C[C@@H]1c2ccccc2C(=O)N(C)[C@H]1C. The molecule has 0 N–H and O–H groups in total. The van der Waals surface area contributed by atoms with Gasteiger partial charge >= 0.3 is 0 Å².